The molecule has 2 saturated heterocycles. The molecule has 3 heteroatoms. The minimum Gasteiger partial charge on any atom is -0.312 e. The van der Waals surface area contributed by atoms with Crippen LogP contribution in [0.2, 0.25) is 0 Å². The van der Waals surface area contributed by atoms with Crippen molar-refractivity contribution in [2.24, 2.45) is 5.92 Å². The van der Waals surface area contributed by atoms with Crippen LogP contribution in [0.15, 0.2) is 0 Å². The lowest BCUT2D eigenvalue weighted by atomic mass is 9.91. The van der Waals surface area contributed by atoms with Gasteiger partial charge < -0.3 is 10.2 Å². The van der Waals surface area contributed by atoms with E-state index in [1.807, 2.05) is 0 Å². The summed E-state index contributed by atoms with van der Waals surface area (Å²) >= 11 is 2.11. The van der Waals surface area contributed by atoms with Crippen LogP contribution in [-0.4, -0.2) is 48.1 Å². The molecule has 100 valence electrons. The van der Waals surface area contributed by atoms with Crippen molar-refractivity contribution >= 4 is 11.8 Å². The summed E-state index contributed by atoms with van der Waals surface area (Å²) in [5.41, 5.74) is 0. The summed E-state index contributed by atoms with van der Waals surface area (Å²) in [6, 6.07) is 1.58. The van der Waals surface area contributed by atoms with Gasteiger partial charge in [0.05, 0.1) is 0 Å². The van der Waals surface area contributed by atoms with E-state index in [4.69, 9.17) is 0 Å². The monoisotopic (exact) mass is 256 g/mol. The van der Waals surface area contributed by atoms with Crippen LogP contribution in [0.5, 0.6) is 0 Å². The molecule has 0 saturated carbocycles. The van der Waals surface area contributed by atoms with Crippen molar-refractivity contribution in [3.05, 3.63) is 0 Å². The number of hydrogen-bond acceptors (Lipinski definition) is 3. The SMILES string of the molecule is CCC1CCC(C)N(CCC2CSCCN2)C1. The fourth-order valence-electron chi connectivity index (χ4n) is 3.03. The number of likely N-dealkylation sites (tertiary alicyclic amines) is 1. The van der Waals surface area contributed by atoms with Gasteiger partial charge in [-0.1, -0.05) is 13.3 Å². The fourth-order valence-corrected chi connectivity index (χ4v) is 4.03. The molecule has 2 aliphatic heterocycles. The highest BCUT2D eigenvalue weighted by Gasteiger charge is 2.25. The highest BCUT2D eigenvalue weighted by molar-refractivity contribution is 7.99. The molecule has 2 heterocycles. The summed E-state index contributed by atoms with van der Waals surface area (Å²) in [6.07, 6.45) is 5.56. The second-order valence-corrected chi connectivity index (χ2v) is 6.86. The summed E-state index contributed by atoms with van der Waals surface area (Å²) in [5, 5.41) is 3.65. The lowest BCUT2D eigenvalue weighted by Gasteiger charge is -2.38. The van der Waals surface area contributed by atoms with E-state index in [9.17, 15) is 0 Å². The zero-order chi connectivity index (χ0) is 12.1. The predicted molar refractivity (Wildman–Crippen MR) is 77.8 cm³/mol. The van der Waals surface area contributed by atoms with E-state index in [-0.39, 0.29) is 0 Å². The van der Waals surface area contributed by atoms with Gasteiger partial charge in [-0.3, -0.25) is 0 Å². The van der Waals surface area contributed by atoms with Gasteiger partial charge in [-0.2, -0.15) is 11.8 Å². The molecule has 17 heavy (non-hydrogen) atoms. The average Bonchev–Trinajstić information content (AvgIpc) is 2.39. The van der Waals surface area contributed by atoms with Gasteiger partial charge in [0.2, 0.25) is 0 Å². The van der Waals surface area contributed by atoms with E-state index in [1.165, 1.54) is 56.8 Å². The molecular formula is C14H28N2S. The Balaban J connectivity index is 1.72. The Morgan fingerprint density at radius 2 is 2.24 bits per heavy atom. The molecule has 0 aliphatic carbocycles. The number of rotatable bonds is 4. The van der Waals surface area contributed by atoms with Crippen molar-refractivity contribution < 1.29 is 0 Å². The van der Waals surface area contributed by atoms with Crippen molar-refractivity contribution in [2.45, 2.75) is 51.6 Å². The molecule has 0 bridgehead atoms. The van der Waals surface area contributed by atoms with Crippen LogP contribution in [-0.2, 0) is 0 Å². The molecule has 2 aliphatic rings. The van der Waals surface area contributed by atoms with E-state index in [2.05, 4.69) is 35.8 Å². The topological polar surface area (TPSA) is 15.3 Å². The molecule has 1 N–H and O–H groups in total. The van der Waals surface area contributed by atoms with Gasteiger partial charge in [0.15, 0.2) is 0 Å². The van der Waals surface area contributed by atoms with E-state index in [1.54, 1.807) is 0 Å². The standard InChI is InChI=1S/C14H28N2S/c1-3-13-5-4-12(2)16(10-13)8-6-14-11-17-9-7-15-14/h12-15H,3-11H2,1-2H3. The normalized spacial score (nSPS) is 36.0. The zero-order valence-corrected chi connectivity index (χ0v) is 12.3. The Labute approximate surface area is 111 Å². The van der Waals surface area contributed by atoms with Gasteiger partial charge in [-0.25, -0.2) is 0 Å². The van der Waals surface area contributed by atoms with Crippen LogP contribution < -0.4 is 5.32 Å². The Morgan fingerprint density at radius 1 is 1.35 bits per heavy atom. The predicted octanol–water partition coefficient (Wildman–Crippen LogP) is 2.59. The van der Waals surface area contributed by atoms with Gasteiger partial charge in [0, 0.05) is 36.7 Å². The third-order valence-electron chi connectivity index (χ3n) is 4.45. The quantitative estimate of drug-likeness (QED) is 0.832. The van der Waals surface area contributed by atoms with Gasteiger partial charge >= 0.3 is 0 Å². The van der Waals surface area contributed by atoms with Gasteiger partial charge in [-0.15, -0.1) is 0 Å². The minimum atomic E-state index is 0.767. The van der Waals surface area contributed by atoms with Gasteiger partial charge in [0.1, 0.15) is 0 Å². The molecule has 0 amide bonds. The fraction of sp³-hybridized carbons (Fsp3) is 1.00. The lowest BCUT2D eigenvalue weighted by molar-refractivity contribution is 0.111. The Hall–Kier alpha value is 0.270. The summed E-state index contributed by atoms with van der Waals surface area (Å²) in [4.78, 5) is 2.73. The Bertz CT molecular complexity index is 216. The molecule has 2 rings (SSSR count). The molecular weight excluding hydrogens is 228 g/mol. The lowest BCUT2D eigenvalue weighted by Crippen LogP contribution is -2.45. The summed E-state index contributed by atoms with van der Waals surface area (Å²) in [7, 11) is 0. The first-order valence-electron chi connectivity index (χ1n) is 7.34. The van der Waals surface area contributed by atoms with Crippen molar-refractivity contribution in [1.82, 2.24) is 10.2 Å². The maximum Gasteiger partial charge on any atom is 0.0170 e. The third kappa shape index (κ3) is 4.15. The van der Waals surface area contributed by atoms with Crippen LogP contribution >= 0.6 is 11.8 Å². The maximum absolute atomic E-state index is 3.65. The highest BCUT2D eigenvalue weighted by atomic mass is 32.2. The second-order valence-electron chi connectivity index (χ2n) is 5.71. The maximum atomic E-state index is 3.65. The molecule has 0 spiro atoms. The molecule has 2 nitrogen and oxygen atoms in total. The number of thioether (sulfide) groups is 1. The van der Waals surface area contributed by atoms with Crippen LogP contribution in [0.1, 0.15) is 39.5 Å². The molecule has 0 aromatic heterocycles. The first-order valence-corrected chi connectivity index (χ1v) is 8.50. The number of nitrogens with zero attached hydrogens (tertiary/aromatic N) is 1. The Morgan fingerprint density at radius 3 is 2.94 bits per heavy atom. The van der Waals surface area contributed by atoms with Crippen LogP contribution in [0.3, 0.4) is 0 Å². The van der Waals surface area contributed by atoms with E-state index >= 15 is 0 Å². The second kappa shape index (κ2) is 7.01. The largest absolute Gasteiger partial charge is 0.312 e. The summed E-state index contributed by atoms with van der Waals surface area (Å²) in [5.74, 6) is 3.58. The molecule has 3 atom stereocenters. The zero-order valence-electron chi connectivity index (χ0n) is 11.5. The molecule has 0 aromatic carbocycles. The summed E-state index contributed by atoms with van der Waals surface area (Å²) in [6.45, 7) is 8.61. The van der Waals surface area contributed by atoms with Crippen LogP contribution in [0.4, 0.5) is 0 Å². The minimum absolute atomic E-state index is 0.767. The smallest absolute Gasteiger partial charge is 0.0170 e. The van der Waals surface area contributed by atoms with E-state index in [0.29, 0.717) is 0 Å². The van der Waals surface area contributed by atoms with Gasteiger partial charge in [0.25, 0.3) is 0 Å². The van der Waals surface area contributed by atoms with Crippen molar-refractivity contribution in [2.75, 3.05) is 31.1 Å². The van der Waals surface area contributed by atoms with Crippen molar-refractivity contribution in [1.29, 1.82) is 0 Å². The first-order chi connectivity index (χ1) is 8.29. The molecule has 3 unspecified atom stereocenters. The molecule has 0 aromatic rings. The van der Waals surface area contributed by atoms with Crippen LogP contribution in [0.25, 0.3) is 0 Å². The van der Waals surface area contributed by atoms with E-state index in [0.717, 1.165) is 18.0 Å². The Kier molecular flexibility index (Phi) is 5.64. The van der Waals surface area contributed by atoms with Crippen molar-refractivity contribution in [3.8, 4) is 0 Å². The number of nitrogens with one attached hydrogen (secondary N) is 1. The molecule has 2 fully saturated rings. The summed E-state index contributed by atoms with van der Waals surface area (Å²) < 4.78 is 0. The first kappa shape index (κ1) is 13.7. The van der Waals surface area contributed by atoms with E-state index < -0.39 is 0 Å². The third-order valence-corrected chi connectivity index (χ3v) is 5.58. The number of piperidine rings is 1. The molecule has 0 radical (unpaired) electrons. The van der Waals surface area contributed by atoms with Gasteiger partial charge in [-0.05, 0) is 38.6 Å². The van der Waals surface area contributed by atoms with Crippen molar-refractivity contribution in [3.63, 3.8) is 0 Å². The highest BCUT2D eigenvalue weighted by Crippen LogP contribution is 2.24. The number of hydrogen-bond donors (Lipinski definition) is 1. The average molecular weight is 256 g/mol. The van der Waals surface area contributed by atoms with Crippen LogP contribution in [0, 0.1) is 5.92 Å².